The first kappa shape index (κ1) is 29.8. The number of hydrogen-bond acceptors (Lipinski definition) is 6. The van der Waals surface area contributed by atoms with Crippen LogP contribution in [-0.4, -0.2) is 42.5 Å². The van der Waals surface area contributed by atoms with Crippen molar-refractivity contribution in [2.75, 3.05) is 24.3 Å². The molecule has 2 aliphatic rings. The van der Waals surface area contributed by atoms with Crippen molar-refractivity contribution >= 4 is 34.8 Å². The number of nitrogens with one attached hydrogen (secondary N) is 3. The van der Waals surface area contributed by atoms with Gasteiger partial charge in [0.05, 0.1) is 23.9 Å². The van der Waals surface area contributed by atoms with Gasteiger partial charge in [-0.3, -0.25) is 14.6 Å². The van der Waals surface area contributed by atoms with Crippen molar-refractivity contribution < 1.29 is 18.7 Å². The first-order valence-electron chi connectivity index (χ1n) is 14.1. The Hall–Kier alpha value is -3.69. The molecule has 222 valence electrons. The van der Waals surface area contributed by atoms with Crippen LogP contribution in [0.15, 0.2) is 48.7 Å². The fraction of sp³-hybridized carbons (Fsp3) is 0.406. The highest BCUT2D eigenvalue weighted by Crippen LogP contribution is 2.56. The lowest BCUT2D eigenvalue weighted by Gasteiger charge is -2.39. The fourth-order valence-corrected chi connectivity index (χ4v) is 6.75. The minimum atomic E-state index is -0.843. The van der Waals surface area contributed by atoms with Gasteiger partial charge in [0.1, 0.15) is 11.6 Å². The van der Waals surface area contributed by atoms with E-state index in [1.807, 2.05) is 19.2 Å². The summed E-state index contributed by atoms with van der Waals surface area (Å²) < 4.78 is 21.4. The number of aromatic nitrogens is 1. The lowest BCUT2D eigenvalue weighted by Crippen LogP contribution is -2.46. The van der Waals surface area contributed by atoms with Crippen LogP contribution in [0.3, 0.4) is 0 Å². The number of pyridine rings is 1. The number of nitrogens with zero attached hydrogens (tertiary/aromatic N) is 1. The Labute approximate surface area is 250 Å². The molecule has 2 aliphatic heterocycles. The molecule has 2 aromatic carbocycles. The predicted molar refractivity (Wildman–Crippen MR) is 163 cm³/mol. The van der Waals surface area contributed by atoms with Crippen LogP contribution in [0.25, 0.3) is 0 Å². The molecule has 3 aromatic rings. The molecule has 0 aliphatic carbocycles. The van der Waals surface area contributed by atoms with Gasteiger partial charge in [0.15, 0.2) is 0 Å². The molecule has 0 radical (unpaired) electrons. The molecule has 1 saturated heterocycles. The lowest BCUT2D eigenvalue weighted by molar-refractivity contribution is -0.118. The van der Waals surface area contributed by atoms with Crippen molar-refractivity contribution in [1.29, 1.82) is 0 Å². The van der Waals surface area contributed by atoms with Crippen LogP contribution in [0.5, 0.6) is 5.75 Å². The maximum Gasteiger partial charge on any atom is 0.248 e. The van der Waals surface area contributed by atoms with E-state index >= 15 is 4.39 Å². The third-order valence-electron chi connectivity index (χ3n) is 8.45. The molecule has 5 rings (SSSR count). The maximum absolute atomic E-state index is 16.0. The van der Waals surface area contributed by atoms with Crippen LogP contribution in [0, 0.1) is 11.2 Å². The summed E-state index contributed by atoms with van der Waals surface area (Å²) >= 11 is 6.33. The number of nitrogens with two attached hydrogens (primary N) is 1. The third kappa shape index (κ3) is 5.20. The number of carbonyl (C=O) groups excluding carboxylic acids is 2. The Morgan fingerprint density at radius 3 is 2.67 bits per heavy atom. The summed E-state index contributed by atoms with van der Waals surface area (Å²) in [6.07, 6.45) is 3.37. The number of ether oxygens (including phenoxy) is 1. The highest BCUT2D eigenvalue weighted by Gasteiger charge is 2.61. The number of hydrogen-bond donors (Lipinski definition) is 4. The van der Waals surface area contributed by atoms with E-state index in [0.29, 0.717) is 24.2 Å². The lowest BCUT2D eigenvalue weighted by atomic mass is 9.63. The van der Waals surface area contributed by atoms with Crippen LogP contribution in [-0.2, 0) is 16.6 Å². The number of halogens is 2. The maximum atomic E-state index is 16.0. The van der Waals surface area contributed by atoms with Crippen LogP contribution in [0.2, 0.25) is 5.02 Å². The number of anilines is 2. The number of amides is 2. The number of benzene rings is 2. The molecule has 3 heterocycles. The zero-order chi connectivity index (χ0) is 30.4. The van der Waals surface area contributed by atoms with Crippen molar-refractivity contribution in [2.45, 2.75) is 64.0 Å². The summed E-state index contributed by atoms with van der Waals surface area (Å²) in [6.45, 7) is 8.99. The van der Waals surface area contributed by atoms with Crippen molar-refractivity contribution in [2.24, 2.45) is 11.1 Å². The first-order valence-corrected chi connectivity index (χ1v) is 14.5. The minimum absolute atomic E-state index is 0.00424. The standard InChI is InChI=1S/C32H37ClFN5O3/c1-6-18-13-23-20(15-36-18)32(16-37-23)25(14-31(2,3)4)39-28(26(32)19-8-7-9-21(33)27(19)34)30(41)38-22-11-10-17(29(35)40)12-24(22)42-5/h7-13,15,25-26,28,37,39H,6,14,16H2,1-5H3,(H2,35,40)(H,38,41)/t25-,26-,28+,32-/m0/s1. The normalized spacial score (nSPS) is 23.0. The minimum Gasteiger partial charge on any atom is -0.495 e. The van der Waals surface area contributed by atoms with Crippen molar-refractivity contribution in [3.63, 3.8) is 0 Å². The molecule has 4 atom stereocenters. The monoisotopic (exact) mass is 593 g/mol. The SMILES string of the molecule is CCc1cc2c(cn1)[C@@]1(CN2)[C@H](CC(C)(C)C)N[C@@H](C(=O)Nc2ccc(C(N)=O)cc2OC)[C@@H]1c1cccc(Cl)c1F. The van der Waals surface area contributed by atoms with E-state index in [2.05, 4.69) is 36.7 Å². The average molecular weight is 594 g/mol. The smallest absolute Gasteiger partial charge is 0.248 e. The highest BCUT2D eigenvalue weighted by molar-refractivity contribution is 6.30. The molecule has 1 aromatic heterocycles. The average Bonchev–Trinajstić information content (AvgIpc) is 3.47. The first-order chi connectivity index (χ1) is 19.9. The van der Waals surface area contributed by atoms with Crippen LogP contribution in [0.1, 0.15) is 67.2 Å². The van der Waals surface area contributed by atoms with E-state index in [-0.39, 0.29) is 33.7 Å². The topological polar surface area (TPSA) is 118 Å². The Morgan fingerprint density at radius 2 is 2.00 bits per heavy atom. The van der Waals surface area contributed by atoms with Crippen molar-refractivity contribution in [3.05, 3.63) is 81.9 Å². The molecule has 2 amide bonds. The Kier molecular flexibility index (Phi) is 7.94. The van der Waals surface area contributed by atoms with E-state index < -0.39 is 29.1 Å². The largest absolute Gasteiger partial charge is 0.495 e. The zero-order valence-electron chi connectivity index (χ0n) is 24.5. The number of fused-ring (bicyclic) bond motifs is 2. The fourth-order valence-electron chi connectivity index (χ4n) is 6.57. The van der Waals surface area contributed by atoms with Crippen LogP contribution < -0.4 is 26.4 Å². The summed E-state index contributed by atoms with van der Waals surface area (Å²) in [4.78, 5) is 30.7. The highest BCUT2D eigenvalue weighted by atomic mass is 35.5. The van der Waals surface area contributed by atoms with Gasteiger partial charge >= 0.3 is 0 Å². The van der Waals surface area contributed by atoms with Gasteiger partial charge in [-0.1, -0.05) is 51.4 Å². The van der Waals surface area contributed by atoms with Crippen molar-refractivity contribution in [1.82, 2.24) is 10.3 Å². The van der Waals surface area contributed by atoms with E-state index in [0.717, 1.165) is 23.4 Å². The summed E-state index contributed by atoms with van der Waals surface area (Å²) in [5, 5.41) is 10.2. The molecular weight excluding hydrogens is 557 g/mol. The molecule has 0 bridgehead atoms. The van der Waals surface area contributed by atoms with Gasteiger partial charge in [-0.15, -0.1) is 0 Å². The van der Waals surface area contributed by atoms with Gasteiger partial charge in [0.25, 0.3) is 0 Å². The Morgan fingerprint density at radius 1 is 1.24 bits per heavy atom. The summed E-state index contributed by atoms with van der Waals surface area (Å²) in [7, 11) is 1.45. The summed E-state index contributed by atoms with van der Waals surface area (Å²) in [5.41, 5.74) is 8.43. The second kappa shape index (κ2) is 11.2. The van der Waals surface area contributed by atoms with Crippen LogP contribution >= 0.6 is 11.6 Å². The zero-order valence-corrected chi connectivity index (χ0v) is 25.2. The van der Waals surface area contributed by atoms with Gasteiger partial charge in [0.2, 0.25) is 11.8 Å². The third-order valence-corrected chi connectivity index (χ3v) is 8.74. The van der Waals surface area contributed by atoms with Gasteiger partial charge < -0.3 is 26.4 Å². The molecule has 5 N–H and O–H groups in total. The number of carbonyl (C=O) groups is 2. The predicted octanol–water partition coefficient (Wildman–Crippen LogP) is 5.41. The Bertz CT molecular complexity index is 1540. The van der Waals surface area contributed by atoms with Crippen molar-refractivity contribution in [3.8, 4) is 5.75 Å². The molecule has 0 saturated carbocycles. The summed E-state index contributed by atoms with van der Waals surface area (Å²) in [5.74, 6) is -1.88. The quantitative estimate of drug-likeness (QED) is 0.291. The molecular formula is C32H37ClFN5O3. The molecule has 1 fully saturated rings. The number of primary amides is 1. The molecule has 8 nitrogen and oxygen atoms in total. The number of methoxy groups -OCH3 is 1. The van der Waals surface area contributed by atoms with Gasteiger partial charge in [-0.2, -0.15) is 0 Å². The number of aryl methyl sites for hydroxylation is 1. The van der Waals surface area contributed by atoms with E-state index in [1.165, 1.54) is 25.3 Å². The van der Waals surface area contributed by atoms with Gasteiger partial charge in [-0.25, -0.2) is 4.39 Å². The number of rotatable bonds is 7. The Balaban J connectivity index is 1.66. The second-order valence-corrected chi connectivity index (χ2v) is 12.7. The van der Waals surface area contributed by atoms with Gasteiger partial charge in [-0.05, 0) is 54.2 Å². The van der Waals surface area contributed by atoms with E-state index in [4.69, 9.17) is 27.1 Å². The van der Waals surface area contributed by atoms with Gasteiger partial charge in [0, 0.05) is 52.6 Å². The van der Waals surface area contributed by atoms with Crippen LogP contribution in [0.4, 0.5) is 15.8 Å². The molecule has 10 heteroatoms. The molecule has 42 heavy (non-hydrogen) atoms. The summed E-state index contributed by atoms with van der Waals surface area (Å²) in [6, 6.07) is 10.5. The second-order valence-electron chi connectivity index (χ2n) is 12.3. The van der Waals surface area contributed by atoms with E-state index in [9.17, 15) is 9.59 Å². The van der Waals surface area contributed by atoms with E-state index in [1.54, 1.807) is 18.2 Å². The molecule has 1 spiro atoms. The molecule has 0 unspecified atom stereocenters.